The highest BCUT2D eigenvalue weighted by atomic mass is 32.1. The molecule has 8 heteroatoms. The lowest BCUT2D eigenvalue weighted by Gasteiger charge is -2.21. The van der Waals surface area contributed by atoms with Crippen LogP contribution in [0.4, 0.5) is 9.80 Å². The van der Waals surface area contributed by atoms with Gasteiger partial charge >= 0.3 is 18.0 Å². The van der Waals surface area contributed by atoms with E-state index in [4.69, 9.17) is 9.47 Å². The highest BCUT2D eigenvalue weighted by molar-refractivity contribution is 7.18. The number of ether oxygens (including phenoxy) is 2. The summed E-state index contributed by atoms with van der Waals surface area (Å²) < 4.78 is 11.1. The third kappa shape index (κ3) is 9.30. The van der Waals surface area contributed by atoms with Gasteiger partial charge in [-0.1, -0.05) is 69.9 Å². The van der Waals surface area contributed by atoms with Crippen LogP contribution in [0, 0.1) is 6.92 Å². The van der Waals surface area contributed by atoms with Crippen LogP contribution >= 0.6 is 11.3 Å². The third-order valence-corrected chi connectivity index (χ3v) is 6.71. The maximum Gasteiger partial charge on any atom is 0.349 e. The number of nitrogens with one attached hydrogen (secondary N) is 2. The van der Waals surface area contributed by atoms with Crippen LogP contribution in [0.2, 0.25) is 0 Å². The van der Waals surface area contributed by atoms with Crippen molar-refractivity contribution in [2.24, 2.45) is 0 Å². The largest absolute Gasteiger partial charge is 0.457 e. The number of rotatable bonds is 12. The zero-order valence-corrected chi connectivity index (χ0v) is 23.2. The number of esters is 2. The van der Waals surface area contributed by atoms with Gasteiger partial charge in [-0.05, 0) is 51.7 Å². The van der Waals surface area contributed by atoms with Gasteiger partial charge in [-0.25, -0.2) is 14.4 Å². The number of carbonyl (C=O) groups is 3. The summed E-state index contributed by atoms with van der Waals surface area (Å²) in [6, 6.07) is 9.01. The molecule has 1 aromatic carbocycles. The fourth-order valence-corrected chi connectivity index (χ4v) is 4.76. The molecule has 2 amide bonds. The summed E-state index contributed by atoms with van der Waals surface area (Å²) in [6.07, 6.45) is 5.92. The lowest BCUT2D eigenvalue weighted by molar-refractivity contribution is 0.00705. The number of carbonyl (C=O) groups excluding carboxylic acids is 3. The summed E-state index contributed by atoms with van der Waals surface area (Å²) in [5.74, 6) is -1.15. The van der Waals surface area contributed by atoms with E-state index in [0.717, 1.165) is 55.4 Å². The summed E-state index contributed by atoms with van der Waals surface area (Å²) in [6.45, 7) is 11.3. The Labute approximate surface area is 219 Å². The van der Waals surface area contributed by atoms with E-state index in [-0.39, 0.29) is 28.1 Å². The first-order valence-corrected chi connectivity index (χ1v) is 13.5. The minimum atomic E-state index is -0.732. The van der Waals surface area contributed by atoms with Crippen LogP contribution in [0.5, 0.6) is 0 Å². The van der Waals surface area contributed by atoms with Crippen molar-refractivity contribution in [2.45, 2.75) is 98.3 Å². The molecule has 1 heterocycles. The Balaban J connectivity index is 2.26. The van der Waals surface area contributed by atoms with Crippen molar-refractivity contribution in [1.82, 2.24) is 5.32 Å². The zero-order valence-electron chi connectivity index (χ0n) is 22.4. The van der Waals surface area contributed by atoms with Crippen LogP contribution in [-0.2, 0) is 16.1 Å². The van der Waals surface area contributed by atoms with Gasteiger partial charge in [-0.2, -0.15) is 0 Å². The first-order valence-electron chi connectivity index (χ1n) is 12.7. The number of urea groups is 1. The molecule has 0 spiro atoms. The number of thiophene rings is 1. The van der Waals surface area contributed by atoms with Crippen molar-refractivity contribution >= 4 is 34.3 Å². The van der Waals surface area contributed by atoms with Gasteiger partial charge in [0.15, 0.2) is 0 Å². The third-order valence-electron chi connectivity index (χ3n) is 5.52. The molecule has 0 unspecified atom stereocenters. The van der Waals surface area contributed by atoms with Crippen molar-refractivity contribution in [3.63, 3.8) is 0 Å². The summed E-state index contributed by atoms with van der Waals surface area (Å²) in [4.78, 5) is 39.2. The zero-order chi connectivity index (χ0) is 26.7. The fraction of sp³-hybridized carbons (Fsp3) is 0.536. The minimum absolute atomic E-state index is 0.0474. The Kier molecular flexibility index (Phi) is 11.4. The predicted octanol–water partition coefficient (Wildman–Crippen LogP) is 7.24. The minimum Gasteiger partial charge on any atom is -0.457 e. The molecule has 0 fully saturated rings. The molecule has 0 aliphatic rings. The van der Waals surface area contributed by atoms with E-state index < -0.39 is 23.6 Å². The summed E-state index contributed by atoms with van der Waals surface area (Å²) >= 11 is 1.03. The van der Waals surface area contributed by atoms with E-state index in [1.54, 1.807) is 27.7 Å². The molecule has 0 aliphatic carbocycles. The second-order valence-electron chi connectivity index (χ2n) is 9.90. The molecule has 0 aliphatic heterocycles. The molecule has 0 saturated carbocycles. The maximum absolute atomic E-state index is 13.1. The second kappa shape index (κ2) is 14.0. The van der Waals surface area contributed by atoms with Gasteiger partial charge in [0.05, 0.1) is 5.56 Å². The Morgan fingerprint density at radius 3 is 2.14 bits per heavy atom. The normalized spacial score (nSPS) is 11.3. The van der Waals surface area contributed by atoms with Gasteiger partial charge in [-0.15, -0.1) is 11.3 Å². The smallest absolute Gasteiger partial charge is 0.349 e. The number of unbranched alkanes of at least 4 members (excludes halogenated alkanes) is 2. The number of hydrogen-bond donors (Lipinski definition) is 2. The molecule has 0 bridgehead atoms. The van der Waals surface area contributed by atoms with Crippen LogP contribution in [0.3, 0.4) is 0 Å². The first-order chi connectivity index (χ1) is 17.1. The van der Waals surface area contributed by atoms with E-state index in [1.807, 2.05) is 30.3 Å². The van der Waals surface area contributed by atoms with E-state index in [2.05, 4.69) is 24.5 Å². The second-order valence-corrected chi connectivity index (χ2v) is 10.9. The maximum atomic E-state index is 13.1. The van der Waals surface area contributed by atoms with Crippen LogP contribution in [0.25, 0.3) is 0 Å². The molecule has 0 atom stereocenters. The SMILES string of the molecule is CCCCC(CCCC)NC(=O)Nc1sc(C(=O)OCc2ccccc2)c(C)c1C(=O)OC(C)(C)C. The Bertz CT molecular complexity index is 1000. The van der Waals surface area contributed by atoms with Crippen molar-refractivity contribution in [3.05, 3.63) is 51.9 Å². The van der Waals surface area contributed by atoms with E-state index in [9.17, 15) is 14.4 Å². The molecular weight excluding hydrogens is 476 g/mol. The predicted molar refractivity (Wildman–Crippen MR) is 145 cm³/mol. The lowest BCUT2D eigenvalue weighted by Crippen LogP contribution is -2.38. The highest BCUT2D eigenvalue weighted by Gasteiger charge is 2.30. The van der Waals surface area contributed by atoms with Crippen molar-refractivity contribution in [3.8, 4) is 0 Å². The monoisotopic (exact) mass is 516 g/mol. The Morgan fingerprint density at radius 1 is 0.972 bits per heavy atom. The highest BCUT2D eigenvalue weighted by Crippen LogP contribution is 2.35. The van der Waals surface area contributed by atoms with Gasteiger partial charge in [0.1, 0.15) is 22.1 Å². The number of amides is 2. The fourth-order valence-electron chi connectivity index (χ4n) is 3.67. The van der Waals surface area contributed by atoms with Gasteiger partial charge in [0.2, 0.25) is 0 Å². The molecule has 198 valence electrons. The average molecular weight is 517 g/mol. The van der Waals surface area contributed by atoms with Crippen LogP contribution in [0.15, 0.2) is 30.3 Å². The average Bonchev–Trinajstić information content (AvgIpc) is 3.14. The number of benzene rings is 1. The lowest BCUT2D eigenvalue weighted by atomic mass is 10.0. The van der Waals surface area contributed by atoms with E-state index in [1.165, 1.54) is 0 Å². The Hall–Kier alpha value is -2.87. The van der Waals surface area contributed by atoms with Gasteiger partial charge in [0.25, 0.3) is 0 Å². The topological polar surface area (TPSA) is 93.7 Å². The van der Waals surface area contributed by atoms with Crippen molar-refractivity contribution in [1.29, 1.82) is 0 Å². The van der Waals surface area contributed by atoms with Crippen molar-refractivity contribution in [2.75, 3.05) is 5.32 Å². The molecule has 36 heavy (non-hydrogen) atoms. The molecule has 2 N–H and O–H groups in total. The number of anilines is 1. The summed E-state index contributed by atoms with van der Waals surface area (Å²) in [5.41, 5.74) is 0.728. The summed E-state index contributed by atoms with van der Waals surface area (Å²) in [7, 11) is 0. The molecule has 0 radical (unpaired) electrons. The van der Waals surface area contributed by atoms with Crippen LogP contribution < -0.4 is 10.6 Å². The van der Waals surface area contributed by atoms with Gasteiger partial charge in [-0.3, -0.25) is 5.32 Å². The first kappa shape index (κ1) is 29.4. The van der Waals surface area contributed by atoms with Crippen molar-refractivity contribution < 1.29 is 23.9 Å². The molecule has 2 rings (SSSR count). The standard InChI is InChI=1S/C28H40N2O5S/c1-7-9-16-21(17-10-8-2)29-27(33)30-24-22(25(31)35-28(4,5)6)19(3)23(36-24)26(32)34-18-20-14-12-11-13-15-20/h11-15,21H,7-10,16-18H2,1-6H3,(H2,29,30,33). The van der Waals surface area contributed by atoms with E-state index >= 15 is 0 Å². The summed E-state index contributed by atoms with van der Waals surface area (Å²) in [5, 5.41) is 6.13. The Morgan fingerprint density at radius 2 is 1.58 bits per heavy atom. The molecular formula is C28H40N2O5S. The number of hydrogen-bond acceptors (Lipinski definition) is 6. The van der Waals surface area contributed by atoms with E-state index in [0.29, 0.717) is 5.56 Å². The molecule has 7 nitrogen and oxygen atoms in total. The van der Waals surface area contributed by atoms with Crippen LogP contribution in [0.1, 0.15) is 104 Å². The van der Waals surface area contributed by atoms with Crippen LogP contribution in [-0.4, -0.2) is 29.6 Å². The molecule has 0 saturated heterocycles. The quantitative estimate of drug-likeness (QED) is 0.290. The molecule has 2 aromatic rings. The van der Waals surface area contributed by atoms with Gasteiger partial charge in [0, 0.05) is 6.04 Å². The molecule has 1 aromatic heterocycles. The van der Waals surface area contributed by atoms with Gasteiger partial charge < -0.3 is 14.8 Å².